The lowest BCUT2D eigenvalue weighted by atomic mass is 10.0. The summed E-state index contributed by atoms with van der Waals surface area (Å²) in [6, 6.07) is 9.72. The second-order valence-electron chi connectivity index (χ2n) is 7.21. The van der Waals surface area contributed by atoms with Crippen LogP contribution in [0.4, 0.5) is 5.69 Å². The number of phenols is 1. The number of hydrogen-bond donors (Lipinski definition) is 4. The number of fused-ring (bicyclic) bond motifs is 1. The van der Waals surface area contributed by atoms with Gasteiger partial charge in [0, 0.05) is 29.6 Å². The summed E-state index contributed by atoms with van der Waals surface area (Å²) in [4.78, 5) is 38.3. The van der Waals surface area contributed by atoms with Crippen LogP contribution in [0.1, 0.15) is 11.1 Å². The highest BCUT2D eigenvalue weighted by Crippen LogP contribution is 2.27. The molecule has 0 saturated carbocycles. The van der Waals surface area contributed by atoms with Crippen LogP contribution in [0.3, 0.4) is 0 Å². The van der Waals surface area contributed by atoms with Gasteiger partial charge in [-0.2, -0.15) is 0 Å². The van der Waals surface area contributed by atoms with Gasteiger partial charge in [-0.05, 0) is 42.3 Å². The number of aliphatic hydroxyl groups excluding tert-OH is 1. The predicted octanol–water partition coefficient (Wildman–Crippen LogP) is 0.556. The topological polar surface area (TPSA) is 160 Å². The largest absolute Gasteiger partial charge is 0.508 e. The van der Waals surface area contributed by atoms with E-state index >= 15 is 0 Å². The first-order chi connectivity index (χ1) is 14.7. The number of phenolic OH excluding ortho intramolecular Hbond substituents is 1. The molecule has 0 unspecified atom stereocenters. The molecular weight excluding hydrogens is 402 g/mol. The number of hydrogen-bond acceptors (Lipinski definition) is 7. The zero-order valence-corrected chi connectivity index (χ0v) is 16.8. The standard InChI is InChI=1S/C22H23N3O6/c1-12-8-20(28)31-19-10-14(4-7-16(12)19)25(22(30)17(23)11-26)18(21(24)29)9-13-2-5-15(27)6-3-13/h2-8,10,17-18,26-27H,9,11,23H2,1H3,(H2,24,29)/t17-,18-/m0/s1. The van der Waals surface area contributed by atoms with Crippen molar-refractivity contribution in [3.63, 3.8) is 0 Å². The molecule has 9 nitrogen and oxygen atoms in total. The Morgan fingerprint density at radius 3 is 2.42 bits per heavy atom. The van der Waals surface area contributed by atoms with Crippen LogP contribution in [0.5, 0.6) is 5.75 Å². The van der Waals surface area contributed by atoms with E-state index < -0.39 is 36.1 Å². The van der Waals surface area contributed by atoms with Gasteiger partial charge in [0.15, 0.2) is 0 Å². The molecule has 1 aromatic heterocycles. The molecule has 0 bridgehead atoms. The van der Waals surface area contributed by atoms with Gasteiger partial charge < -0.3 is 26.1 Å². The Bertz CT molecular complexity index is 1170. The van der Waals surface area contributed by atoms with Crippen molar-refractivity contribution in [3.8, 4) is 5.75 Å². The molecule has 0 aliphatic heterocycles. The van der Waals surface area contributed by atoms with E-state index in [-0.39, 0.29) is 23.4 Å². The minimum atomic E-state index is -1.29. The maximum absolute atomic E-state index is 13.0. The SMILES string of the molecule is Cc1cc(=O)oc2cc(N(C(=O)[C@@H](N)CO)[C@@H](Cc3ccc(O)cc3)C(N)=O)ccc12. The first-order valence-electron chi connectivity index (χ1n) is 9.52. The molecule has 6 N–H and O–H groups in total. The van der Waals surface area contributed by atoms with Crippen molar-refractivity contribution >= 4 is 28.5 Å². The number of aromatic hydroxyl groups is 1. The summed E-state index contributed by atoms with van der Waals surface area (Å²) < 4.78 is 5.25. The number of carbonyl (C=O) groups is 2. The van der Waals surface area contributed by atoms with Gasteiger partial charge >= 0.3 is 5.63 Å². The van der Waals surface area contributed by atoms with E-state index in [2.05, 4.69) is 0 Å². The summed E-state index contributed by atoms with van der Waals surface area (Å²) >= 11 is 0. The lowest BCUT2D eigenvalue weighted by Gasteiger charge is -2.31. The average molecular weight is 425 g/mol. The predicted molar refractivity (Wildman–Crippen MR) is 115 cm³/mol. The zero-order valence-electron chi connectivity index (χ0n) is 16.8. The number of carbonyl (C=O) groups excluding carboxylic acids is 2. The molecule has 2 aromatic carbocycles. The summed E-state index contributed by atoms with van der Waals surface area (Å²) in [5, 5.41) is 19.6. The molecule has 3 aromatic rings. The molecule has 2 amide bonds. The molecule has 0 saturated heterocycles. The van der Waals surface area contributed by atoms with E-state index in [1.807, 2.05) is 0 Å². The number of aryl methyl sites for hydroxylation is 1. The van der Waals surface area contributed by atoms with Crippen LogP contribution in [0.15, 0.2) is 57.7 Å². The minimum absolute atomic E-state index is 0.0370. The number of benzene rings is 2. The monoisotopic (exact) mass is 425 g/mol. The number of nitrogens with zero attached hydrogens (tertiary/aromatic N) is 1. The van der Waals surface area contributed by atoms with Crippen LogP contribution >= 0.6 is 0 Å². The van der Waals surface area contributed by atoms with Gasteiger partial charge in [-0.1, -0.05) is 12.1 Å². The number of anilines is 1. The molecule has 9 heteroatoms. The van der Waals surface area contributed by atoms with Crippen LogP contribution in [0, 0.1) is 6.92 Å². The highest BCUT2D eigenvalue weighted by molar-refractivity contribution is 6.04. The van der Waals surface area contributed by atoms with Gasteiger partial charge in [-0.25, -0.2) is 4.79 Å². The molecule has 31 heavy (non-hydrogen) atoms. The van der Waals surface area contributed by atoms with Gasteiger partial charge in [0.2, 0.25) is 11.8 Å². The van der Waals surface area contributed by atoms with Crippen molar-refractivity contribution in [3.05, 3.63) is 70.1 Å². The van der Waals surface area contributed by atoms with Crippen LogP contribution in [-0.4, -0.2) is 40.7 Å². The lowest BCUT2D eigenvalue weighted by molar-refractivity contribution is -0.125. The van der Waals surface area contributed by atoms with E-state index in [0.717, 1.165) is 4.90 Å². The Hall–Kier alpha value is -3.69. The molecule has 0 aliphatic carbocycles. The first kappa shape index (κ1) is 22.0. The number of rotatable bonds is 7. The van der Waals surface area contributed by atoms with Crippen LogP contribution < -0.4 is 22.0 Å². The van der Waals surface area contributed by atoms with Gasteiger partial charge in [-0.15, -0.1) is 0 Å². The maximum Gasteiger partial charge on any atom is 0.336 e. The molecule has 1 heterocycles. The van der Waals surface area contributed by atoms with Crippen molar-refractivity contribution in [1.82, 2.24) is 0 Å². The fourth-order valence-electron chi connectivity index (χ4n) is 3.36. The molecule has 0 radical (unpaired) electrons. The fourth-order valence-corrected chi connectivity index (χ4v) is 3.36. The van der Waals surface area contributed by atoms with E-state index in [1.165, 1.54) is 24.3 Å². The number of amides is 2. The van der Waals surface area contributed by atoms with E-state index in [9.17, 15) is 24.6 Å². The number of primary amides is 1. The third-order valence-corrected chi connectivity index (χ3v) is 4.97. The second kappa shape index (κ2) is 8.99. The van der Waals surface area contributed by atoms with Crippen molar-refractivity contribution in [2.45, 2.75) is 25.4 Å². The molecular formula is C22H23N3O6. The molecule has 2 atom stereocenters. The van der Waals surface area contributed by atoms with Gasteiger partial charge in [-0.3, -0.25) is 14.5 Å². The smallest absolute Gasteiger partial charge is 0.336 e. The van der Waals surface area contributed by atoms with E-state index in [1.54, 1.807) is 31.2 Å². The number of nitrogens with two attached hydrogens (primary N) is 2. The molecule has 0 aliphatic rings. The van der Waals surface area contributed by atoms with Crippen molar-refractivity contribution in [2.24, 2.45) is 11.5 Å². The third-order valence-electron chi connectivity index (χ3n) is 4.97. The summed E-state index contributed by atoms with van der Waals surface area (Å²) in [6.45, 7) is 1.11. The summed E-state index contributed by atoms with van der Waals surface area (Å²) in [5.74, 6) is -1.47. The molecule has 0 fully saturated rings. The Labute approximate surface area is 177 Å². The quantitative estimate of drug-likeness (QED) is 0.402. The fraction of sp³-hybridized carbons (Fsp3) is 0.227. The molecule has 3 rings (SSSR count). The highest BCUT2D eigenvalue weighted by Gasteiger charge is 2.33. The summed E-state index contributed by atoms with van der Waals surface area (Å²) in [6.07, 6.45) is 0.0370. The van der Waals surface area contributed by atoms with Gasteiger partial charge in [0.25, 0.3) is 0 Å². The Morgan fingerprint density at radius 1 is 1.13 bits per heavy atom. The lowest BCUT2D eigenvalue weighted by Crippen LogP contribution is -2.55. The first-order valence-corrected chi connectivity index (χ1v) is 9.52. The summed E-state index contributed by atoms with van der Waals surface area (Å²) in [7, 11) is 0. The highest BCUT2D eigenvalue weighted by atomic mass is 16.4. The second-order valence-corrected chi connectivity index (χ2v) is 7.21. The van der Waals surface area contributed by atoms with Gasteiger partial charge in [0.05, 0.1) is 6.61 Å². The Kier molecular flexibility index (Phi) is 6.38. The minimum Gasteiger partial charge on any atom is -0.508 e. The van der Waals surface area contributed by atoms with Crippen molar-refractivity contribution in [2.75, 3.05) is 11.5 Å². The van der Waals surface area contributed by atoms with E-state index in [0.29, 0.717) is 16.5 Å². The van der Waals surface area contributed by atoms with Crippen LogP contribution in [0.2, 0.25) is 0 Å². The van der Waals surface area contributed by atoms with E-state index in [4.69, 9.17) is 15.9 Å². The zero-order chi connectivity index (χ0) is 22.7. The average Bonchev–Trinajstić information content (AvgIpc) is 2.73. The Balaban J connectivity index is 2.13. The molecule has 0 spiro atoms. The van der Waals surface area contributed by atoms with Crippen LogP contribution in [0.25, 0.3) is 11.0 Å². The molecule has 162 valence electrons. The normalized spacial score (nSPS) is 13.0. The Morgan fingerprint density at radius 2 is 1.81 bits per heavy atom. The van der Waals surface area contributed by atoms with Crippen LogP contribution in [-0.2, 0) is 16.0 Å². The van der Waals surface area contributed by atoms with Crippen molar-refractivity contribution in [1.29, 1.82) is 0 Å². The van der Waals surface area contributed by atoms with Gasteiger partial charge in [0.1, 0.15) is 23.4 Å². The third kappa shape index (κ3) is 4.73. The van der Waals surface area contributed by atoms with Crippen molar-refractivity contribution < 1.29 is 24.2 Å². The summed E-state index contributed by atoms with van der Waals surface area (Å²) in [5.41, 5.74) is 12.6. The maximum atomic E-state index is 13.0. The number of aliphatic hydroxyl groups is 1.